The van der Waals surface area contributed by atoms with Crippen LogP contribution in [0.15, 0.2) is 12.2 Å². The Morgan fingerprint density at radius 1 is 0.833 bits per heavy atom. The van der Waals surface area contributed by atoms with Gasteiger partial charge in [-0.2, -0.15) is 0 Å². The third kappa shape index (κ3) is 5.34. The quantitative estimate of drug-likeness (QED) is 0.420. The second kappa shape index (κ2) is 8.25. The van der Waals surface area contributed by atoms with Crippen LogP contribution in [0.5, 0.6) is 0 Å². The summed E-state index contributed by atoms with van der Waals surface area (Å²) in [6.07, 6.45) is 21.5. The minimum atomic E-state index is 0.480. The molecule has 1 saturated carbocycles. The summed E-state index contributed by atoms with van der Waals surface area (Å²) in [5.74, 6) is 1.86. The average molecular weight is 269 g/mol. The lowest BCUT2D eigenvalue weighted by atomic mass is 9.87. The van der Waals surface area contributed by atoms with E-state index in [-0.39, 0.29) is 0 Å². The third-order valence-corrected chi connectivity index (χ3v) is 5.16. The van der Waals surface area contributed by atoms with Crippen molar-refractivity contribution in [2.45, 2.75) is 82.4 Å². The average Bonchev–Trinajstić information content (AvgIpc) is 2.73. The Hall–Kier alpha value is 0.0300. The zero-order valence-electron chi connectivity index (χ0n) is 11.7. The molecule has 3 unspecified atom stereocenters. The molecule has 18 heavy (non-hydrogen) atoms. The maximum absolute atomic E-state index is 6.24. The van der Waals surface area contributed by atoms with E-state index >= 15 is 0 Å². The second-order valence-electron chi connectivity index (χ2n) is 6.43. The first-order chi connectivity index (χ1) is 8.84. The Balaban J connectivity index is 1.77. The van der Waals surface area contributed by atoms with Crippen molar-refractivity contribution in [2.24, 2.45) is 11.8 Å². The Kier molecular flexibility index (Phi) is 6.62. The van der Waals surface area contributed by atoms with Crippen molar-refractivity contribution in [3.8, 4) is 0 Å². The highest BCUT2D eigenvalue weighted by molar-refractivity contribution is 6.20. The number of allylic oxidation sites excluding steroid dienone is 2. The van der Waals surface area contributed by atoms with E-state index in [0.717, 1.165) is 11.8 Å². The van der Waals surface area contributed by atoms with Crippen LogP contribution in [-0.4, -0.2) is 5.38 Å². The van der Waals surface area contributed by atoms with Crippen molar-refractivity contribution in [3.63, 3.8) is 0 Å². The fourth-order valence-corrected chi connectivity index (χ4v) is 4.04. The van der Waals surface area contributed by atoms with Crippen molar-refractivity contribution in [2.75, 3.05) is 0 Å². The first-order valence-electron chi connectivity index (χ1n) is 8.13. The predicted molar refractivity (Wildman–Crippen MR) is 81.2 cm³/mol. The van der Waals surface area contributed by atoms with Crippen LogP contribution >= 0.6 is 11.6 Å². The van der Waals surface area contributed by atoms with Crippen LogP contribution in [-0.2, 0) is 0 Å². The third-order valence-electron chi connectivity index (χ3n) is 4.76. The van der Waals surface area contributed by atoms with E-state index in [1.807, 2.05) is 0 Å². The van der Waals surface area contributed by atoms with Gasteiger partial charge in [-0.15, -0.1) is 11.6 Å². The van der Waals surface area contributed by atoms with Gasteiger partial charge in [0, 0.05) is 5.38 Å². The molecule has 2 aliphatic rings. The molecule has 2 rings (SSSR count). The molecule has 0 aliphatic heterocycles. The molecule has 0 radical (unpaired) electrons. The van der Waals surface area contributed by atoms with Gasteiger partial charge in [0.05, 0.1) is 0 Å². The summed E-state index contributed by atoms with van der Waals surface area (Å²) in [4.78, 5) is 0. The van der Waals surface area contributed by atoms with Crippen LogP contribution < -0.4 is 0 Å². The Labute approximate surface area is 118 Å². The summed E-state index contributed by atoms with van der Waals surface area (Å²) in [5.41, 5.74) is 0. The summed E-state index contributed by atoms with van der Waals surface area (Å²) in [6.45, 7) is 0. The highest BCUT2D eigenvalue weighted by Gasteiger charge is 2.25. The highest BCUT2D eigenvalue weighted by atomic mass is 35.5. The van der Waals surface area contributed by atoms with Gasteiger partial charge in [0.1, 0.15) is 0 Å². The zero-order valence-corrected chi connectivity index (χ0v) is 12.5. The normalized spacial score (nSPS) is 37.1. The van der Waals surface area contributed by atoms with Gasteiger partial charge in [0.25, 0.3) is 0 Å². The molecular weight excluding hydrogens is 240 g/mol. The molecule has 104 valence electrons. The molecule has 0 spiro atoms. The fraction of sp³-hybridized carbons (Fsp3) is 0.882. The van der Waals surface area contributed by atoms with Gasteiger partial charge in [0.2, 0.25) is 0 Å². The molecule has 3 atom stereocenters. The Morgan fingerprint density at radius 3 is 2.50 bits per heavy atom. The molecule has 0 amide bonds. The van der Waals surface area contributed by atoms with Crippen molar-refractivity contribution >= 4 is 11.6 Å². The molecular formula is C17H29Cl. The number of halogens is 1. The van der Waals surface area contributed by atoms with E-state index in [4.69, 9.17) is 11.6 Å². The predicted octanol–water partition coefficient (Wildman–Crippen LogP) is 6.09. The van der Waals surface area contributed by atoms with Gasteiger partial charge in [0.15, 0.2) is 0 Å². The summed E-state index contributed by atoms with van der Waals surface area (Å²) in [7, 11) is 0. The summed E-state index contributed by atoms with van der Waals surface area (Å²) in [6, 6.07) is 0. The van der Waals surface area contributed by atoms with E-state index in [2.05, 4.69) is 12.2 Å². The lowest BCUT2D eigenvalue weighted by molar-refractivity contribution is 0.348. The minimum absolute atomic E-state index is 0.480. The summed E-state index contributed by atoms with van der Waals surface area (Å²) in [5, 5.41) is 0.480. The van der Waals surface area contributed by atoms with Gasteiger partial charge in [-0.05, 0) is 56.8 Å². The fourth-order valence-electron chi connectivity index (χ4n) is 3.66. The van der Waals surface area contributed by atoms with Gasteiger partial charge in [-0.1, -0.05) is 44.3 Å². The van der Waals surface area contributed by atoms with Crippen LogP contribution in [0, 0.1) is 11.8 Å². The van der Waals surface area contributed by atoms with Gasteiger partial charge in [-0.3, -0.25) is 0 Å². The monoisotopic (exact) mass is 268 g/mol. The SMILES string of the molecule is ClC1CCC(CC2C/C=C\CCCCCCC2)C1. The maximum Gasteiger partial charge on any atom is 0.0338 e. The van der Waals surface area contributed by atoms with Crippen molar-refractivity contribution in [3.05, 3.63) is 12.2 Å². The van der Waals surface area contributed by atoms with Gasteiger partial charge < -0.3 is 0 Å². The van der Waals surface area contributed by atoms with Gasteiger partial charge in [-0.25, -0.2) is 0 Å². The van der Waals surface area contributed by atoms with Crippen LogP contribution in [0.2, 0.25) is 0 Å². The molecule has 0 saturated heterocycles. The molecule has 1 heteroatoms. The van der Waals surface area contributed by atoms with Crippen LogP contribution in [0.1, 0.15) is 77.0 Å². The zero-order chi connectivity index (χ0) is 12.6. The molecule has 0 aromatic carbocycles. The topological polar surface area (TPSA) is 0 Å². The van der Waals surface area contributed by atoms with Gasteiger partial charge >= 0.3 is 0 Å². The molecule has 0 aromatic heterocycles. The summed E-state index contributed by atoms with van der Waals surface area (Å²) < 4.78 is 0. The largest absolute Gasteiger partial charge is 0.123 e. The Morgan fingerprint density at radius 2 is 1.67 bits per heavy atom. The molecule has 1 fully saturated rings. The number of hydrogen-bond acceptors (Lipinski definition) is 0. The van der Waals surface area contributed by atoms with Crippen molar-refractivity contribution < 1.29 is 0 Å². The lowest BCUT2D eigenvalue weighted by Gasteiger charge is -2.19. The highest BCUT2D eigenvalue weighted by Crippen LogP contribution is 2.36. The molecule has 0 nitrogen and oxygen atoms in total. The smallest absolute Gasteiger partial charge is 0.0338 e. The first kappa shape index (κ1) is 14.4. The maximum atomic E-state index is 6.24. The number of rotatable bonds is 2. The molecule has 2 aliphatic carbocycles. The number of alkyl halides is 1. The standard InChI is InChI=1S/C17H29Cl/c18-17-12-11-16(14-17)13-15-9-7-5-3-1-2-4-6-8-10-15/h5,7,15-17H,1-4,6,8-14H2/b7-5-. The van der Waals surface area contributed by atoms with Crippen molar-refractivity contribution in [1.82, 2.24) is 0 Å². The van der Waals surface area contributed by atoms with E-state index in [1.54, 1.807) is 0 Å². The molecule has 0 heterocycles. The van der Waals surface area contributed by atoms with E-state index in [9.17, 15) is 0 Å². The van der Waals surface area contributed by atoms with E-state index < -0.39 is 0 Å². The minimum Gasteiger partial charge on any atom is -0.123 e. The molecule has 0 N–H and O–H groups in total. The molecule has 0 bridgehead atoms. The lowest BCUT2D eigenvalue weighted by Crippen LogP contribution is -2.07. The van der Waals surface area contributed by atoms with E-state index in [0.29, 0.717) is 5.38 Å². The second-order valence-corrected chi connectivity index (χ2v) is 7.05. The summed E-state index contributed by atoms with van der Waals surface area (Å²) >= 11 is 6.24. The van der Waals surface area contributed by atoms with Crippen LogP contribution in [0.25, 0.3) is 0 Å². The molecule has 0 aromatic rings. The Bertz CT molecular complexity index is 246. The van der Waals surface area contributed by atoms with Crippen LogP contribution in [0.4, 0.5) is 0 Å². The first-order valence-corrected chi connectivity index (χ1v) is 8.57. The number of hydrogen-bond donors (Lipinski definition) is 0. The van der Waals surface area contributed by atoms with Crippen LogP contribution in [0.3, 0.4) is 0 Å². The van der Waals surface area contributed by atoms with E-state index in [1.165, 1.54) is 77.0 Å². The van der Waals surface area contributed by atoms with Crippen molar-refractivity contribution in [1.29, 1.82) is 0 Å².